The molecule has 1 aromatic rings. The van der Waals surface area contributed by atoms with Crippen molar-refractivity contribution >= 4 is 17.7 Å². The molecule has 3 nitrogen and oxygen atoms in total. The van der Waals surface area contributed by atoms with Gasteiger partial charge in [0.2, 0.25) is 5.91 Å². The molecule has 0 aliphatic rings. The van der Waals surface area contributed by atoms with Crippen LogP contribution >= 0.6 is 0 Å². The lowest BCUT2D eigenvalue weighted by Crippen LogP contribution is -2.20. The Morgan fingerprint density at radius 1 is 1.26 bits per heavy atom. The molecule has 1 amide bonds. The van der Waals surface area contributed by atoms with Gasteiger partial charge in [-0.05, 0) is 30.2 Å². The van der Waals surface area contributed by atoms with Crippen molar-refractivity contribution < 1.29 is 4.79 Å². The van der Waals surface area contributed by atoms with Crippen molar-refractivity contribution in [2.75, 3.05) is 18.5 Å². The highest BCUT2D eigenvalue weighted by molar-refractivity contribution is 5.94. The van der Waals surface area contributed by atoms with Crippen LogP contribution in [0.25, 0.3) is 6.08 Å². The molecule has 1 aromatic carbocycles. The summed E-state index contributed by atoms with van der Waals surface area (Å²) in [6, 6.07) is 8.07. The number of carbonyl (C=O) groups is 1. The second kappa shape index (κ2) is 11.1. The van der Waals surface area contributed by atoms with Gasteiger partial charge in [-0.25, -0.2) is 0 Å². The predicted octanol–water partition coefficient (Wildman–Crippen LogP) is 4.34. The second-order valence-corrected chi connectivity index (χ2v) is 4.71. The standard InChI is InChI=1S/C18H22N2O.C2H6/c1-5-15(12-11-14(3)18(19)21)13-20(4)17-10-8-7-9-16(17)6-2;1-2/h5-12H,2-3,13H2,1,4H3,(H2,19,21);1-2H3/b12-11-,15-5+;. The fraction of sp³-hybridized carbons (Fsp3) is 0.250. The summed E-state index contributed by atoms with van der Waals surface area (Å²) in [5.41, 5.74) is 8.72. The van der Waals surface area contributed by atoms with Gasteiger partial charge in [0, 0.05) is 24.9 Å². The largest absolute Gasteiger partial charge is 0.370 e. The minimum Gasteiger partial charge on any atom is -0.370 e. The predicted molar refractivity (Wildman–Crippen MR) is 102 cm³/mol. The van der Waals surface area contributed by atoms with Crippen molar-refractivity contribution in [3.05, 3.63) is 72.4 Å². The average molecular weight is 312 g/mol. The molecule has 0 unspecified atom stereocenters. The highest BCUT2D eigenvalue weighted by Gasteiger charge is 2.06. The van der Waals surface area contributed by atoms with Gasteiger partial charge in [0.15, 0.2) is 0 Å². The molecule has 124 valence electrons. The van der Waals surface area contributed by atoms with Crippen LogP contribution in [0.2, 0.25) is 0 Å². The number of rotatable bonds is 7. The van der Waals surface area contributed by atoms with Crippen LogP contribution < -0.4 is 10.6 Å². The summed E-state index contributed by atoms with van der Waals surface area (Å²) in [6.07, 6.45) is 7.34. The quantitative estimate of drug-likeness (QED) is 0.601. The van der Waals surface area contributed by atoms with Gasteiger partial charge in [0.05, 0.1) is 0 Å². The number of hydrogen-bond donors (Lipinski definition) is 1. The normalized spacial score (nSPS) is 10.7. The van der Waals surface area contributed by atoms with E-state index in [0.717, 1.165) is 16.8 Å². The number of primary amides is 1. The first kappa shape index (κ1) is 20.5. The first-order valence-corrected chi connectivity index (χ1v) is 7.74. The van der Waals surface area contributed by atoms with Gasteiger partial charge in [-0.15, -0.1) is 0 Å². The number of benzene rings is 1. The average Bonchev–Trinajstić information content (AvgIpc) is 2.59. The fourth-order valence-corrected chi connectivity index (χ4v) is 1.90. The molecule has 0 aliphatic heterocycles. The van der Waals surface area contributed by atoms with Crippen molar-refractivity contribution in [3.8, 4) is 0 Å². The lowest BCUT2D eigenvalue weighted by molar-refractivity contribution is -0.114. The van der Waals surface area contributed by atoms with E-state index in [9.17, 15) is 4.79 Å². The number of carbonyl (C=O) groups excluding carboxylic acids is 1. The summed E-state index contributed by atoms with van der Waals surface area (Å²) in [5.74, 6) is -0.507. The van der Waals surface area contributed by atoms with E-state index in [0.29, 0.717) is 12.1 Å². The van der Waals surface area contributed by atoms with Gasteiger partial charge in [0.25, 0.3) is 0 Å². The van der Waals surface area contributed by atoms with Crippen LogP contribution in [-0.4, -0.2) is 19.5 Å². The Bertz CT molecular complexity index is 597. The molecule has 0 saturated heterocycles. The van der Waals surface area contributed by atoms with Gasteiger partial charge in [-0.3, -0.25) is 4.79 Å². The Morgan fingerprint density at radius 3 is 2.39 bits per heavy atom. The molecule has 0 fully saturated rings. The lowest BCUT2D eigenvalue weighted by Gasteiger charge is -2.22. The van der Waals surface area contributed by atoms with Crippen LogP contribution in [0, 0.1) is 0 Å². The molecule has 0 aromatic heterocycles. The number of para-hydroxylation sites is 1. The minimum absolute atomic E-state index is 0.295. The molecule has 0 bridgehead atoms. The van der Waals surface area contributed by atoms with E-state index in [2.05, 4.69) is 24.1 Å². The Balaban J connectivity index is 0.00000232. The van der Waals surface area contributed by atoms with Crippen molar-refractivity contribution in [3.63, 3.8) is 0 Å². The molecule has 1 rings (SSSR count). The molecule has 0 heterocycles. The maximum atomic E-state index is 11.0. The molecule has 0 spiro atoms. The van der Waals surface area contributed by atoms with E-state index in [1.54, 1.807) is 6.08 Å². The number of amides is 1. The minimum atomic E-state index is -0.507. The summed E-state index contributed by atoms with van der Waals surface area (Å²) < 4.78 is 0. The number of nitrogens with two attached hydrogens (primary N) is 1. The van der Waals surface area contributed by atoms with E-state index in [4.69, 9.17) is 5.73 Å². The topological polar surface area (TPSA) is 46.3 Å². The highest BCUT2D eigenvalue weighted by Crippen LogP contribution is 2.21. The number of hydrogen-bond acceptors (Lipinski definition) is 2. The van der Waals surface area contributed by atoms with Crippen molar-refractivity contribution in [2.45, 2.75) is 20.8 Å². The fourth-order valence-electron chi connectivity index (χ4n) is 1.90. The summed E-state index contributed by atoms with van der Waals surface area (Å²) in [4.78, 5) is 13.1. The van der Waals surface area contributed by atoms with E-state index in [1.165, 1.54) is 0 Å². The van der Waals surface area contributed by atoms with Crippen molar-refractivity contribution in [2.24, 2.45) is 5.73 Å². The molecular weight excluding hydrogens is 284 g/mol. The molecule has 3 heteroatoms. The number of nitrogens with zero attached hydrogens (tertiary/aromatic N) is 1. The van der Waals surface area contributed by atoms with Crippen molar-refractivity contribution in [1.82, 2.24) is 0 Å². The zero-order valence-electron chi connectivity index (χ0n) is 14.7. The van der Waals surface area contributed by atoms with Gasteiger partial charge >= 0.3 is 0 Å². The molecule has 0 atom stereocenters. The third kappa shape index (κ3) is 6.83. The maximum absolute atomic E-state index is 11.0. The summed E-state index contributed by atoms with van der Waals surface area (Å²) in [7, 11) is 2.02. The molecule has 0 saturated carbocycles. The Morgan fingerprint density at radius 2 is 1.87 bits per heavy atom. The van der Waals surface area contributed by atoms with Crippen molar-refractivity contribution in [1.29, 1.82) is 0 Å². The van der Waals surface area contributed by atoms with Crippen LogP contribution in [0.5, 0.6) is 0 Å². The van der Waals surface area contributed by atoms with E-state index in [1.807, 2.05) is 64.2 Å². The number of anilines is 1. The first-order valence-electron chi connectivity index (χ1n) is 7.74. The summed E-state index contributed by atoms with van der Waals surface area (Å²) in [6.45, 7) is 14.1. The van der Waals surface area contributed by atoms with Crippen LogP contribution in [-0.2, 0) is 4.79 Å². The second-order valence-electron chi connectivity index (χ2n) is 4.71. The zero-order valence-corrected chi connectivity index (χ0v) is 14.7. The Labute approximate surface area is 140 Å². The number of likely N-dealkylation sites (N-methyl/N-ethyl adjacent to an activating group) is 1. The van der Waals surface area contributed by atoms with Crippen LogP contribution in [0.15, 0.2) is 66.8 Å². The summed E-state index contributed by atoms with van der Waals surface area (Å²) in [5, 5.41) is 0. The Hall–Kier alpha value is -2.55. The van der Waals surface area contributed by atoms with Crippen LogP contribution in [0.4, 0.5) is 5.69 Å². The maximum Gasteiger partial charge on any atom is 0.248 e. The van der Waals surface area contributed by atoms with E-state index < -0.39 is 5.91 Å². The zero-order chi connectivity index (χ0) is 17.8. The molecule has 0 radical (unpaired) electrons. The molecular formula is C20H28N2O. The first-order chi connectivity index (χ1) is 11.0. The van der Waals surface area contributed by atoms with Gasteiger partial charge in [-0.2, -0.15) is 0 Å². The van der Waals surface area contributed by atoms with E-state index >= 15 is 0 Å². The molecule has 2 N–H and O–H groups in total. The third-order valence-electron chi connectivity index (χ3n) is 3.17. The Kier molecular flexibility index (Phi) is 9.85. The van der Waals surface area contributed by atoms with Gasteiger partial charge in [0.1, 0.15) is 0 Å². The molecule has 0 aliphatic carbocycles. The van der Waals surface area contributed by atoms with Gasteiger partial charge in [-0.1, -0.05) is 63.4 Å². The van der Waals surface area contributed by atoms with Gasteiger partial charge < -0.3 is 10.6 Å². The smallest absolute Gasteiger partial charge is 0.248 e. The molecule has 23 heavy (non-hydrogen) atoms. The van der Waals surface area contributed by atoms with Crippen LogP contribution in [0.1, 0.15) is 26.3 Å². The lowest BCUT2D eigenvalue weighted by atomic mass is 10.1. The SMILES string of the molecule is C=Cc1ccccc1N(C)CC(/C=C\C(=C)C(N)=O)=C/C.CC. The third-order valence-corrected chi connectivity index (χ3v) is 3.17. The summed E-state index contributed by atoms with van der Waals surface area (Å²) >= 11 is 0. The monoisotopic (exact) mass is 312 g/mol. The highest BCUT2D eigenvalue weighted by atomic mass is 16.1. The number of allylic oxidation sites excluding steroid dienone is 1. The van der Waals surface area contributed by atoms with Crippen LogP contribution in [0.3, 0.4) is 0 Å². The van der Waals surface area contributed by atoms with E-state index in [-0.39, 0.29) is 0 Å².